The summed E-state index contributed by atoms with van der Waals surface area (Å²) in [4.78, 5) is 10.7. The summed E-state index contributed by atoms with van der Waals surface area (Å²) in [6.07, 6.45) is 0. The number of hydrogen-bond acceptors (Lipinski definition) is 5. The maximum absolute atomic E-state index is 12.1. The van der Waals surface area contributed by atoms with Crippen molar-refractivity contribution in [3.63, 3.8) is 0 Å². The predicted molar refractivity (Wildman–Crippen MR) is 68.5 cm³/mol. The van der Waals surface area contributed by atoms with Gasteiger partial charge in [-0.15, -0.1) is 0 Å². The van der Waals surface area contributed by atoms with Crippen molar-refractivity contribution in [2.45, 2.75) is 10.6 Å². The number of benzene rings is 1. The highest BCUT2D eigenvalue weighted by Gasteiger charge is 2.20. The van der Waals surface area contributed by atoms with Crippen LogP contribution in [0.2, 0.25) is 0 Å². The lowest BCUT2D eigenvalue weighted by Gasteiger charge is -2.02. The van der Waals surface area contributed by atoms with Crippen LogP contribution in [-0.4, -0.2) is 24.7 Å². The van der Waals surface area contributed by atoms with E-state index in [9.17, 15) is 13.2 Å². The number of carboxylic acids is 1. The zero-order valence-electron chi connectivity index (χ0n) is 9.41. The Hall–Kier alpha value is -1.67. The molecule has 0 spiro atoms. The third-order valence-corrected chi connectivity index (χ3v) is 4.40. The van der Waals surface area contributed by atoms with E-state index in [1.165, 1.54) is 12.1 Å². The van der Waals surface area contributed by atoms with Crippen LogP contribution in [0.15, 0.2) is 44.2 Å². The zero-order valence-corrected chi connectivity index (χ0v) is 11.8. The molecule has 0 unspecified atom stereocenters. The molecule has 0 radical (unpaired) electrons. The normalized spacial score (nSPS) is 11.4. The number of rotatable bonds is 4. The molecule has 1 aromatic carbocycles. The van der Waals surface area contributed by atoms with Crippen molar-refractivity contribution >= 4 is 31.7 Å². The third kappa shape index (κ3) is 3.21. The van der Waals surface area contributed by atoms with Gasteiger partial charge in [-0.1, -0.05) is 27.2 Å². The minimum Gasteiger partial charge on any atom is -0.476 e. The van der Waals surface area contributed by atoms with E-state index in [-0.39, 0.29) is 16.3 Å². The van der Waals surface area contributed by atoms with Gasteiger partial charge in [0.25, 0.3) is 0 Å². The van der Waals surface area contributed by atoms with E-state index in [4.69, 9.17) is 9.63 Å². The van der Waals surface area contributed by atoms with Gasteiger partial charge >= 0.3 is 5.97 Å². The maximum Gasteiger partial charge on any atom is 0.358 e. The Balaban J connectivity index is 2.28. The lowest BCUT2D eigenvalue weighted by Crippen LogP contribution is -2.04. The molecule has 0 atom stereocenters. The molecule has 19 heavy (non-hydrogen) atoms. The minimum absolute atomic E-state index is 0.0163. The Labute approximate surface area is 117 Å². The third-order valence-electron chi connectivity index (χ3n) is 2.27. The van der Waals surface area contributed by atoms with Crippen molar-refractivity contribution in [3.8, 4) is 0 Å². The molecule has 2 aromatic rings. The molecular formula is C11H8BrNO5S. The summed E-state index contributed by atoms with van der Waals surface area (Å²) < 4.78 is 29.5. The number of halogens is 1. The summed E-state index contributed by atoms with van der Waals surface area (Å²) >= 11 is 3.19. The molecule has 0 fully saturated rings. The van der Waals surface area contributed by atoms with Gasteiger partial charge in [-0.3, -0.25) is 0 Å². The number of nitrogens with zero attached hydrogens (tertiary/aromatic N) is 1. The van der Waals surface area contributed by atoms with Crippen LogP contribution in [0, 0.1) is 0 Å². The molecule has 8 heteroatoms. The fraction of sp³-hybridized carbons (Fsp3) is 0.0909. The molecule has 0 aliphatic heterocycles. The fourth-order valence-electron chi connectivity index (χ4n) is 1.41. The van der Waals surface area contributed by atoms with E-state index in [0.717, 1.165) is 6.07 Å². The predicted octanol–water partition coefficient (Wildman–Crippen LogP) is 2.11. The van der Waals surface area contributed by atoms with Crippen molar-refractivity contribution in [1.82, 2.24) is 5.16 Å². The molecule has 0 amide bonds. The highest BCUT2D eigenvalue weighted by molar-refractivity contribution is 9.10. The van der Waals surface area contributed by atoms with E-state index >= 15 is 0 Å². The Morgan fingerprint density at radius 2 is 2.11 bits per heavy atom. The molecule has 1 N–H and O–H groups in total. The Morgan fingerprint density at radius 1 is 1.37 bits per heavy atom. The molecule has 2 rings (SSSR count). The van der Waals surface area contributed by atoms with Gasteiger partial charge < -0.3 is 9.63 Å². The Morgan fingerprint density at radius 3 is 2.68 bits per heavy atom. The molecule has 6 nitrogen and oxygen atoms in total. The first kappa shape index (κ1) is 13.8. The average molecular weight is 346 g/mol. The number of carboxylic acid groups (broad SMARTS) is 1. The fourth-order valence-corrected chi connectivity index (χ4v) is 3.23. The van der Waals surface area contributed by atoms with Gasteiger partial charge in [0.15, 0.2) is 21.3 Å². The summed E-state index contributed by atoms with van der Waals surface area (Å²) in [5.74, 6) is -1.73. The molecule has 0 aliphatic rings. The second-order valence-electron chi connectivity index (χ2n) is 3.70. The molecule has 0 bridgehead atoms. The summed E-state index contributed by atoms with van der Waals surface area (Å²) in [6, 6.07) is 7.31. The molecule has 100 valence electrons. The van der Waals surface area contributed by atoms with Crippen LogP contribution in [-0.2, 0) is 15.6 Å². The van der Waals surface area contributed by atoms with Gasteiger partial charge in [-0.2, -0.15) is 0 Å². The number of sulfone groups is 1. The SMILES string of the molecule is O=C(O)c1cc(CS(=O)(=O)c2cccc(Br)c2)on1. The second-order valence-corrected chi connectivity index (χ2v) is 6.61. The number of aromatic nitrogens is 1. The van der Waals surface area contributed by atoms with Gasteiger partial charge in [-0.25, -0.2) is 13.2 Å². The van der Waals surface area contributed by atoms with Crippen LogP contribution in [0.3, 0.4) is 0 Å². The largest absolute Gasteiger partial charge is 0.476 e. The van der Waals surface area contributed by atoms with E-state index in [1.54, 1.807) is 12.1 Å². The van der Waals surface area contributed by atoms with Gasteiger partial charge in [0.2, 0.25) is 0 Å². The topological polar surface area (TPSA) is 97.5 Å². The zero-order chi connectivity index (χ0) is 14.0. The van der Waals surface area contributed by atoms with Crippen LogP contribution < -0.4 is 0 Å². The summed E-state index contributed by atoms with van der Waals surface area (Å²) in [7, 11) is -3.60. The number of carbonyl (C=O) groups is 1. The number of aromatic carboxylic acids is 1. The van der Waals surface area contributed by atoms with Crippen molar-refractivity contribution in [3.05, 3.63) is 46.3 Å². The van der Waals surface area contributed by atoms with Crippen molar-refractivity contribution in [1.29, 1.82) is 0 Å². The van der Waals surface area contributed by atoms with E-state index in [0.29, 0.717) is 4.47 Å². The average Bonchev–Trinajstić information content (AvgIpc) is 2.77. The highest BCUT2D eigenvalue weighted by atomic mass is 79.9. The lowest BCUT2D eigenvalue weighted by molar-refractivity contribution is 0.0685. The van der Waals surface area contributed by atoms with Crippen molar-refractivity contribution in [2.24, 2.45) is 0 Å². The number of hydrogen-bond donors (Lipinski definition) is 1. The molecule has 0 saturated heterocycles. The van der Waals surface area contributed by atoms with E-state index in [1.807, 2.05) is 0 Å². The minimum atomic E-state index is -3.60. The van der Waals surface area contributed by atoms with E-state index < -0.39 is 21.6 Å². The summed E-state index contributed by atoms with van der Waals surface area (Å²) in [5.41, 5.74) is -0.320. The smallest absolute Gasteiger partial charge is 0.358 e. The van der Waals surface area contributed by atoms with Gasteiger partial charge in [0, 0.05) is 10.5 Å². The molecule has 0 aliphatic carbocycles. The first-order valence-corrected chi connectivity index (χ1v) is 7.50. The van der Waals surface area contributed by atoms with Crippen molar-refractivity contribution < 1.29 is 22.8 Å². The monoisotopic (exact) mass is 345 g/mol. The Bertz CT molecular complexity index is 722. The summed E-state index contributed by atoms with van der Waals surface area (Å²) in [6.45, 7) is 0. The molecule has 0 saturated carbocycles. The van der Waals surface area contributed by atoms with Crippen LogP contribution >= 0.6 is 15.9 Å². The maximum atomic E-state index is 12.1. The summed E-state index contributed by atoms with van der Waals surface area (Å²) in [5, 5.41) is 11.9. The molecule has 1 heterocycles. The van der Waals surface area contributed by atoms with Crippen LogP contribution in [0.1, 0.15) is 16.2 Å². The Kier molecular flexibility index (Phi) is 3.72. The highest BCUT2D eigenvalue weighted by Crippen LogP contribution is 2.20. The van der Waals surface area contributed by atoms with Crippen LogP contribution in [0.4, 0.5) is 0 Å². The molecule has 1 aromatic heterocycles. The molecular weight excluding hydrogens is 338 g/mol. The standard InChI is InChI=1S/C11H8BrNO5S/c12-7-2-1-3-9(4-7)19(16,17)6-8-5-10(11(14)15)13-18-8/h1-5H,6H2,(H,14,15). The van der Waals surface area contributed by atoms with E-state index in [2.05, 4.69) is 21.1 Å². The second kappa shape index (κ2) is 5.14. The first-order valence-electron chi connectivity index (χ1n) is 5.06. The van der Waals surface area contributed by atoms with Gasteiger partial charge in [0.1, 0.15) is 5.75 Å². The first-order chi connectivity index (χ1) is 8.88. The van der Waals surface area contributed by atoms with Gasteiger partial charge in [0.05, 0.1) is 4.90 Å². The van der Waals surface area contributed by atoms with Crippen LogP contribution in [0.5, 0.6) is 0 Å². The van der Waals surface area contributed by atoms with Crippen molar-refractivity contribution in [2.75, 3.05) is 0 Å². The quantitative estimate of drug-likeness (QED) is 0.911. The van der Waals surface area contributed by atoms with Gasteiger partial charge in [-0.05, 0) is 18.2 Å². The lowest BCUT2D eigenvalue weighted by atomic mass is 10.4. The van der Waals surface area contributed by atoms with Crippen LogP contribution in [0.25, 0.3) is 0 Å².